The highest BCUT2D eigenvalue weighted by Gasteiger charge is 2.11. The molecule has 90 valence electrons. The maximum Gasteiger partial charge on any atom is 0.333 e. The number of phenols is 2. The number of hydrogen-bond donors (Lipinski definition) is 3. The maximum atomic E-state index is 10.5. The summed E-state index contributed by atoms with van der Waals surface area (Å²) >= 11 is 0. The fourth-order valence-electron chi connectivity index (χ4n) is 1.04. The van der Waals surface area contributed by atoms with Crippen molar-refractivity contribution in [2.75, 3.05) is 7.11 Å². The van der Waals surface area contributed by atoms with Gasteiger partial charge in [0, 0.05) is 0 Å². The summed E-state index contributed by atoms with van der Waals surface area (Å²) in [5.74, 6) is -0.859. The van der Waals surface area contributed by atoms with Crippen LogP contribution in [-0.4, -0.2) is 25.7 Å². The lowest BCUT2D eigenvalue weighted by Gasteiger charge is -2.08. The molecule has 0 saturated heterocycles. The second kappa shape index (κ2) is 4.56. The Labute approximate surface area is 92.3 Å². The molecule has 0 saturated carbocycles. The number of methoxy groups -OCH3 is 1. The molecule has 0 aliphatic heterocycles. The average molecular weight is 249 g/mol. The van der Waals surface area contributed by atoms with Crippen LogP contribution >= 0.6 is 0 Å². The Kier molecular flexibility index (Phi) is 3.58. The molecule has 0 amide bonds. The van der Waals surface area contributed by atoms with Crippen molar-refractivity contribution in [1.82, 2.24) is 0 Å². The monoisotopic (exact) mass is 249 g/mol. The molecule has 16 heavy (non-hydrogen) atoms. The van der Waals surface area contributed by atoms with Gasteiger partial charge in [0.05, 0.1) is 13.7 Å². The van der Waals surface area contributed by atoms with Crippen LogP contribution in [0.15, 0.2) is 12.1 Å². The Bertz CT molecular complexity index is 484. The summed E-state index contributed by atoms with van der Waals surface area (Å²) < 4.78 is 30.1. The molecule has 0 aliphatic rings. The fourth-order valence-corrected chi connectivity index (χ4v) is 1.34. The van der Waals surface area contributed by atoms with E-state index in [0.29, 0.717) is 5.56 Å². The third kappa shape index (κ3) is 3.26. The van der Waals surface area contributed by atoms with Crippen molar-refractivity contribution in [1.29, 1.82) is 0 Å². The van der Waals surface area contributed by atoms with Gasteiger partial charge in [0.1, 0.15) is 0 Å². The molecule has 1 aromatic carbocycles. The molecule has 4 N–H and O–H groups in total. The lowest BCUT2D eigenvalue weighted by molar-refractivity contribution is 0.304. The second-order valence-electron chi connectivity index (χ2n) is 2.92. The van der Waals surface area contributed by atoms with Crippen LogP contribution in [0.5, 0.6) is 17.2 Å². The topological polar surface area (TPSA) is 119 Å². The number of ether oxygens (including phenoxy) is 1. The van der Waals surface area contributed by atoms with Gasteiger partial charge in [-0.1, -0.05) is 0 Å². The predicted octanol–water partition coefficient (Wildman–Crippen LogP) is -0.173. The number of nitrogens with two attached hydrogens (primary N) is 1. The van der Waals surface area contributed by atoms with Crippen molar-refractivity contribution >= 4 is 10.3 Å². The normalized spacial score (nSPS) is 11.4. The Morgan fingerprint density at radius 2 is 2.00 bits per heavy atom. The molecular weight excluding hydrogens is 238 g/mol. The van der Waals surface area contributed by atoms with Crippen LogP contribution in [0.4, 0.5) is 0 Å². The number of hydrogen-bond acceptors (Lipinski definition) is 6. The van der Waals surface area contributed by atoms with Crippen LogP contribution in [0.25, 0.3) is 0 Å². The van der Waals surface area contributed by atoms with Gasteiger partial charge in [-0.25, -0.2) is 5.14 Å². The van der Waals surface area contributed by atoms with Crippen LogP contribution in [0.1, 0.15) is 5.56 Å². The minimum Gasteiger partial charge on any atom is -0.504 e. The molecule has 1 aromatic rings. The molecule has 0 heterocycles. The van der Waals surface area contributed by atoms with Gasteiger partial charge in [-0.3, -0.25) is 4.18 Å². The van der Waals surface area contributed by atoms with E-state index in [-0.39, 0.29) is 12.4 Å². The van der Waals surface area contributed by atoms with E-state index in [1.54, 1.807) is 0 Å². The van der Waals surface area contributed by atoms with E-state index in [1.165, 1.54) is 13.2 Å². The maximum absolute atomic E-state index is 10.5. The summed E-state index contributed by atoms with van der Waals surface area (Å²) in [6, 6.07) is 2.46. The first-order valence-corrected chi connectivity index (χ1v) is 5.56. The molecule has 7 nitrogen and oxygen atoms in total. The molecule has 0 unspecified atom stereocenters. The average Bonchev–Trinajstić information content (AvgIpc) is 2.18. The summed E-state index contributed by atoms with van der Waals surface area (Å²) in [6.45, 7) is -0.358. The molecule has 0 radical (unpaired) electrons. The standard InChI is InChI=1S/C8H11NO6S/c1-14-7-3-5(2-6(10)8(7)11)4-15-16(9,12)13/h2-3,10-11H,4H2,1H3,(H2,9,12,13). The van der Waals surface area contributed by atoms with Crippen LogP contribution < -0.4 is 9.88 Å². The summed E-state index contributed by atoms with van der Waals surface area (Å²) in [7, 11) is -2.76. The Morgan fingerprint density at radius 3 is 2.50 bits per heavy atom. The van der Waals surface area contributed by atoms with Gasteiger partial charge in [-0.15, -0.1) is 0 Å². The van der Waals surface area contributed by atoms with Crippen LogP contribution in [0, 0.1) is 0 Å². The van der Waals surface area contributed by atoms with E-state index in [1.807, 2.05) is 0 Å². The van der Waals surface area contributed by atoms with Crippen molar-refractivity contribution in [3.8, 4) is 17.2 Å². The molecule has 1 rings (SSSR count). The van der Waals surface area contributed by atoms with Crippen molar-refractivity contribution < 1.29 is 27.6 Å². The Morgan fingerprint density at radius 1 is 1.38 bits per heavy atom. The smallest absolute Gasteiger partial charge is 0.333 e. The number of phenolic OH excluding ortho intramolecular Hbond substituents is 2. The molecule has 8 heteroatoms. The van der Waals surface area contributed by atoms with E-state index in [2.05, 4.69) is 9.32 Å². The third-order valence-corrected chi connectivity index (χ3v) is 2.17. The summed E-state index contributed by atoms with van der Waals surface area (Å²) in [4.78, 5) is 0. The molecule has 0 aliphatic carbocycles. The zero-order valence-corrected chi connectivity index (χ0v) is 9.19. The molecular formula is C8H11NO6S. The molecule has 0 atom stereocenters. The Hall–Kier alpha value is -1.51. The molecule has 0 fully saturated rings. The van der Waals surface area contributed by atoms with Gasteiger partial charge in [0.25, 0.3) is 0 Å². The van der Waals surface area contributed by atoms with Crippen molar-refractivity contribution in [2.45, 2.75) is 6.61 Å². The second-order valence-corrected chi connectivity index (χ2v) is 4.14. The first kappa shape index (κ1) is 12.6. The van der Waals surface area contributed by atoms with Crippen molar-refractivity contribution in [2.24, 2.45) is 5.14 Å². The quantitative estimate of drug-likeness (QED) is 0.637. The predicted molar refractivity (Wildman–Crippen MR) is 54.2 cm³/mol. The number of benzene rings is 1. The summed E-state index contributed by atoms with van der Waals surface area (Å²) in [5.41, 5.74) is 0.293. The van der Waals surface area contributed by atoms with Gasteiger partial charge in [0.2, 0.25) is 5.75 Å². The molecule has 0 bridgehead atoms. The van der Waals surface area contributed by atoms with Crippen LogP contribution in [0.2, 0.25) is 0 Å². The molecule has 0 spiro atoms. The number of aromatic hydroxyl groups is 2. The minimum absolute atomic E-state index is 0.00743. The third-order valence-electron chi connectivity index (χ3n) is 1.72. The van der Waals surface area contributed by atoms with E-state index in [4.69, 9.17) is 4.74 Å². The lowest BCUT2D eigenvalue weighted by atomic mass is 10.2. The highest BCUT2D eigenvalue weighted by Crippen LogP contribution is 2.36. The number of rotatable bonds is 4. The minimum atomic E-state index is -4.05. The van der Waals surface area contributed by atoms with E-state index >= 15 is 0 Å². The fraction of sp³-hybridized carbons (Fsp3) is 0.250. The van der Waals surface area contributed by atoms with Crippen molar-refractivity contribution in [3.63, 3.8) is 0 Å². The highest BCUT2D eigenvalue weighted by atomic mass is 32.2. The first-order valence-electron chi connectivity index (χ1n) is 4.09. The van der Waals surface area contributed by atoms with Gasteiger partial charge >= 0.3 is 10.3 Å². The van der Waals surface area contributed by atoms with E-state index in [9.17, 15) is 18.6 Å². The summed E-state index contributed by atoms with van der Waals surface area (Å²) in [5, 5.41) is 23.2. The molecule has 0 aromatic heterocycles. The van der Waals surface area contributed by atoms with Gasteiger partial charge in [-0.05, 0) is 17.7 Å². The van der Waals surface area contributed by atoms with Crippen molar-refractivity contribution in [3.05, 3.63) is 17.7 Å². The summed E-state index contributed by atoms with van der Waals surface area (Å²) in [6.07, 6.45) is 0. The van der Waals surface area contributed by atoms with Gasteiger partial charge in [-0.2, -0.15) is 8.42 Å². The zero-order chi connectivity index (χ0) is 12.3. The SMILES string of the molecule is COc1cc(COS(N)(=O)=O)cc(O)c1O. The van der Waals surface area contributed by atoms with E-state index in [0.717, 1.165) is 6.07 Å². The van der Waals surface area contributed by atoms with Gasteiger partial charge in [0.15, 0.2) is 11.5 Å². The van der Waals surface area contributed by atoms with Crippen LogP contribution in [-0.2, 0) is 21.1 Å². The Balaban J connectivity index is 2.94. The largest absolute Gasteiger partial charge is 0.504 e. The zero-order valence-electron chi connectivity index (χ0n) is 8.37. The lowest BCUT2D eigenvalue weighted by Crippen LogP contribution is -2.15. The van der Waals surface area contributed by atoms with E-state index < -0.39 is 21.8 Å². The first-order chi connectivity index (χ1) is 7.33. The van der Waals surface area contributed by atoms with Crippen LogP contribution in [0.3, 0.4) is 0 Å². The highest BCUT2D eigenvalue weighted by molar-refractivity contribution is 7.84. The van der Waals surface area contributed by atoms with Gasteiger partial charge < -0.3 is 14.9 Å².